The Morgan fingerprint density at radius 3 is 2.67 bits per heavy atom. The van der Waals surface area contributed by atoms with E-state index in [4.69, 9.17) is 16.3 Å². The highest BCUT2D eigenvalue weighted by molar-refractivity contribution is 7.16. The Kier molecular flexibility index (Phi) is 5.16. The SMILES string of the molecule is O=C(c1cc(C2CCOCC2)sc1Cl)N1CCC2CCCCC2C1. The molecule has 4 rings (SSSR count). The molecule has 2 atom stereocenters. The zero-order chi connectivity index (χ0) is 16.5. The molecule has 3 aliphatic rings. The van der Waals surface area contributed by atoms with Crippen molar-refractivity contribution in [2.75, 3.05) is 26.3 Å². The maximum Gasteiger partial charge on any atom is 0.256 e. The largest absolute Gasteiger partial charge is 0.381 e. The molecule has 2 unspecified atom stereocenters. The van der Waals surface area contributed by atoms with Gasteiger partial charge in [0, 0.05) is 31.2 Å². The number of thiophene rings is 1. The van der Waals surface area contributed by atoms with Crippen molar-refractivity contribution in [1.82, 2.24) is 4.90 Å². The number of piperidine rings is 1. The van der Waals surface area contributed by atoms with Crippen molar-refractivity contribution >= 4 is 28.8 Å². The van der Waals surface area contributed by atoms with Crippen LogP contribution in [-0.4, -0.2) is 37.1 Å². The van der Waals surface area contributed by atoms with Crippen LogP contribution in [0.1, 0.15) is 66.1 Å². The van der Waals surface area contributed by atoms with Crippen molar-refractivity contribution in [3.63, 3.8) is 0 Å². The molecule has 1 aliphatic carbocycles. The average Bonchev–Trinajstić information content (AvgIpc) is 3.03. The molecule has 1 saturated carbocycles. The van der Waals surface area contributed by atoms with E-state index in [9.17, 15) is 4.79 Å². The van der Waals surface area contributed by atoms with Crippen LogP contribution in [0.15, 0.2) is 6.07 Å². The second-order valence-corrected chi connectivity index (χ2v) is 9.25. The Balaban J connectivity index is 1.47. The summed E-state index contributed by atoms with van der Waals surface area (Å²) in [5.74, 6) is 2.22. The smallest absolute Gasteiger partial charge is 0.256 e. The normalized spacial score (nSPS) is 28.6. The monoisotopic (exact) mass is 367 g/mol. The lowest BCUT2D eigenvalue weighted by molar-refractivity contribution is 0.0521. The number of ether oxygens (including phenoxy) is 1. The van der Waals surface area contributed by atoms with Gasteiger partial charge in [-0.05, 0) is 49.5 Å². The summed E-state index contributed by atoms with van der Waals surface area (Å²) < 4.78 is 6.12. The van der Waals surface area contributed by atoms with E-state index in [1.54, 1.807) is 11.3 Å². The molecule has 1 amide bonds. The molecule has 3 nitrogen and oxygen atoms in total. The molecule has 0 aromatic carbocycles. The summed E-state index contributed by atoms with van der Waals surface area (Å²) in [6, 6.07) is 2.07. The number of carbonyl (C=O) groups excluding carboxylic acids is 1. The van der Waals surface area contributed by atoms with E-state index >= 15 is 0 Å². The lowest BCUT2D eigenvalue weighted by Gasteiger charge is -2.41. The average molecular weight is 368 g/mol. The second-order valence-electron chi connectivity index (χ2n) is 7.57. The van der Waals surface area contributed by atoms with E-state index in [1.165, 1.54) is 37.0 Å². The number of hydrogen-bond acceptors (Lipinski definition) is 3. The maximum absolute atomic E-state index is 13.0. The van der Waals surface area contributed by atoms with E-state index in [-0.39, 0.29) is 5.91 Å². The van der Waals surface area contributed by atoms with E-state index < -0.39 is 0 Å². The molecule has 2 aliphatic heterocycles. The Morgan fingerprint density at radius 2 is 1.88 bits per heavy atom. The maximum atomic E-state index is 13.0. The first-order valence-electron chi connectivity index (χ1n) is 9.38. The minimum absolute atomic E-state index is 0.151. The van der Waals surface area contributed by atoms with E-state index in [0.717, 1.165) is 50.6 Å². The summed E-state index contributed by atoms with van der Waals surface area (Å²) in [4.78, 5) is 16.3. The highest BCUT2D eigenvalue weighted by atomic mass is 35.5. The predicted molar refractivity (Wildman–Crippen MR) is 98.1 cm³/mol. The third kappa shape index (κ3) is 3.38. The fourth-order valence-electron chi connectivity index (χ4n) is 4.67. The molecule has 24 heavy (non-hydrogen) atoms. The number of likely N-dealkylation sites (tertiary alicyclic amines) is 1. The lowest BCUT2D eigenvalue weighted by atomic mass is 9.75. The minimum atomic E-state index is 0.151. The summed E-state index contributed by atoms with van der Waals surface area (Å²) >= 11 is 8.05. The van der Waals surface area contributed by atoms with Crippen molar-refractivity contribution in [3.8, 4) is 0 Å². The highest BCUT2D eigenvalue weighted by Gasteiger charge is 2.34. The predicted octanol–water partition coefficient (Wildman–Crippen LogP) is 4.95. The van der Waals surface area contributed by atoms with Crippen LogP contribution in [0.4, 0.5) is 0 Å². The summed E-state index contributed by atoms with van der Waals surface area (Å²) in [6.45, 7) is 3.47. The molecule has 3 fully saturated rings. The molecule has 2 saturated heterocycles. The minimum Gasteiger partial charge on any atom is -0.381 e. The number of fused-ring (bicyclic) bond motifs is 1. The first-order chi connectivity index (χ1) is 11.7. The zero-order valence-electron chi connectivity index (χ0n) is 14.1. The van der Waals surface area contributed by atoms with Gasteiger partial charge in [0.2, 0.25) is 0 Å². The standard InChI is InChI=1S/C19H26ClNO2S/c20-18-16(11-17(24-18)14-6-9-23-10-7-14)19(22)21-8-5-13-3-1-2-4-15(13)12-21/h11,13-15H,1-10,12H2. The topological polar surface area (TPSA) is 29.5 Å². The van der Waals surface area contributed by atoms with Crippen LogP contribution in [0.5, 0.6) is 0 Å². The van der Waals surface area contributed by atoms with Crippen molar-refractivity contribution in [2.45, 2.75) is 50.9 Å². The van der Waals surface area contributed by atoms with Gasteiger partial charge in [0.25, 0.3) is 5.91 Å². The van der Waals surface area contributed by atoms with Gasteiger partial charge in [-0.2, -0.15) is 0 Å². The molecule has 0 radical (unpaired) electrons. The first-order valence-corrected chi connectivity index (χ1v) is 10.6. The Labute approximate surface area is 153 Å². The van der Waals surface area contributed by atoms with Crippen molar-refractivity contribution < 1.29 is 9.53 Å². The quantitative estimate of drug-likeness (QED) is 0.740. The van der Waals surface area contributed by atoms with Gasteiger partial charge >= 0.3 is 0 Å². The van der Waals surface area contributed by atoms with Crippen LogP contribution < -0.4 is 0 Å². The van der Waals surface area contributed by atoms with Gasteiger partial charge in [-0.1, -0.05) is 30.9 Å². The molecule has 3 heterocycles. The van der Waals surface area contributed by atoms with Gasteiger partial charge in [0.1, 0.15) is 4.34 Å². The molecular weight excluding hydrogens is 342 g/mol. The van der Waals surface area contributed by atoms with Crippen LogP contribution in [0.2, 0.25) is 4.34 Å². The number of hydrogen-bond donors (Lipinski definition) is 0. The van der Waals surface area contributed by atoms with Crippen LogP contribution >= 0.6 is 22.9 Å². The van der Waals surface area contributed by atoms with Gasteiger partial charge in [-0.25, -0.2) is 0 Å². The van der Waals surface area contributed by atoms with Gasteiger partial charge in [0.15, 0.2) is 0 Å². The molecule has 5 heteroatoms. The van der Waals surface area contributed by atoms with Crippen molar-refractivity contribution in [3.05, 3.63) is 20.8 Å². The molecule has 0 bridgehead atoms. The van der Waals surface area contributed by atoms with Gasteiger partial charge in [-0.15, -0.1) is 11.3 Å². The van der Waals surface area contributed by atoms with Gasteiger partial charge in [0.05, 0.1) is 5.56 Å². The molecular formula is C19H26ClNO2S. The zero-order valence-corrected chi connectivity index (χ0v) is 15.7. The summed E-state index contributed by atoms with van der Waals surface area (Å²) in [7, 11) is 0. The number of amides is 1. The highest BCUT2D eigenvalue weighted by Crippen LogP contribution is 2.39. The van der Waals surface area contributed by atoms with E-state index in [0.29, 0.717) is 16.2 Å². The number of halogens is 1. The van der Waals surface area contributed by atoms with Crippen molar-refractivity contribution in [1.29, 1.82) is 0 Å². The van der Waals surface area contributed by atoms with Gasteiger partial charge in [-0.3, -0.25) is 4.79 Å². The van der Waals surface area contributed by atoms with Crippen LogP contribution in [0.25, 0.3) is 0 Å². The molecule has 1 aromatic heterocycles. The van der Waals surface area contributed by atoms with E-state index in [1.807, 2.05) is 0 Å². The summed E-state index contributed by atoms with van der Waals surface area (Å²) in [5.41, 5.74) is 0.734. The number of carbonyl (C=O) groups is 1. The molecule has 132 valence electrons. The number of rotatable bonds is 2. The van der Waals surface area contributed by atoms with E-state index in [2.05, 4.69) is 11.0 Å². The second kappa shape index (κ2) is 7.35. The third-order valence-electron chi connectivity index (χ3n) is 6.14. The first kappa shape index (κ1) is 16.9. The Morgan fingerprint density at radius 1 is 1.12 bits per heavy atom. The Bertz CT molecular complexity index is 596. The van der Waals surface area contributed by atoms with Crippen LogP contribution in [0.3, 0.4) is 0 Å². The van der Waals surface area contributed by atoms with Crippen LogP contribution in [-0.2, 0) is 4.74 Å². The summed E-state index contributed by atoms with van der Waals surface area (Å²) in [6.07, 6.45) is 8.61. The Hall–Kier alpha value is -0.580. The number of nitrogens with zero attached hydrogens (tertiary/aromatic N) is 1. The molecule has 0 N–H and O–H groups in total. The third-order valence-corrected chi connectivity index (χ3v) is 7.66. The fraction of sp³-hybridized carbons (Fsp3) is 0.737. The van der Waals surface area contributed by atoms with Crippen molar-refractivity contribution in [2.24, 2.45) is 11.8 Å². The molecule has 1 aromatic rings. The van der Waals surface area contributed by atoms with Crippen LogP contribution in [0, 0.1) is 11.8 Å². The molecule has 0 spiro atoms. The summed E-state index contributed by atoms with van der Waals surface area (Å²) in [5, 5.41) is 0. The van der Waals surface area contributed by atoms with Gasteiger partial charge < -0.3 is 9.64 Å². The fourth-order valence-corrected chi connectivity index (χ4v) is 6.12. The lowest BCUT2D eigenvalue weighted by Crippen LogP contribution is -2.44.